The maximum atomic E-state index is 11.4. The minimum absolute atomic E-state index is 0.268. The number of hydrogen-bond donors (Lipinski definition) is 0. The first-order valence-electron chi connectivity index (χ1n) is 9.30. The van der Waals surface area contributed by atoms with E-state index >= 15 is 0 Å². The van der Waals surface area contributed by atoms with E-state index in [0.717, 1.165) is 16.8 Å². The van der Waals surface area contributed by atoms with Crippen molar-refractivity contribution in [3.05, 3.63) is 85.1 Å². The van der Waals surface area contributed by atoms with Gasteiger partial charge in [-0.1, -0.05) is 42.1 Å². The molecule has 2 aromatic carbocycles. The predicted octanol–water partition coefficient (Wildman–Crippen LogP) is 6.08. The number of aromatic nitrogens is 3. The summed E-state index contributed by atoms with van der Waals surface area (Å²) in [5.74, 6) is 1.33. The zero-order valence-electron chi connectivity index (χ0n) is 16.9. The van der Waals surface area contributed by atoms with Gasteiger partial charge in [-0.15, -0.1) is 10.2 Å². The lowest BCUT2D eigenvalue weighted by Gasteiger charge is -2.17. The number of nitrogens with zero attached hydrogens (tertiary/aromatic N) is 4. The zero-order valence-corrected chi connectivity index (χ0v) is 20.9. The number of nitro groups is 1. The summed E-state index contributed by atoms with van der Waals surface area (Å²) in [6, 6.07) is 11.7. The van der Waals surface area contributed by atoms with Gasteiger partial charge in [-0.05, 0) is 75.5 Å². The van der Waals surface area contributed by atoms with Gasteiger partial charge in [-0.2, -0.15) is 0 Å². The molecule has 0 aliphatic carbocycles. The average Bonchev–Trinajstić information content (AvgIpc) is 3.07. The van der Waals surface area contributed by atoms with Gasteiger partial charge >= 0.3 is 0 Å². The SMILES string of the molecule is C=CCOc1c(Br)cc([C@H](C[N+](=O)[O-])Sc2nnc(C)n2-c2ccc(C)cc2)cc1Br. The van der Waals surface area contributed by atoms with Crippen LogP contribution >= 0.6 is 43.6 Å². The maximum Gasteiger partial charge on any atom is 0.220 e. The molecule has 0 saturated carbocycles. The van der Waals surface area contributed by atoms with E-state index in [-0.39, 0.29) is 11.5 Å². The standard InChI is InChI=1S/C21H20Br2N4O3S/c1-4-9-30-20-17(22)10-15(11-18(20)23)19(12-26(28)29)31-21-25-24-14(3)27(21)16-7-5-13(2)6-8-16/h4-8,10-11,19H,1,9,12H2,2-3H3/t19-/m0/s1. The molecule has 0 saturated heterocycles. The topological polar surface area (TPSA) is 83.1 Å². The van der Waals surface area contributed by atoms with Crippen molar-refractivity contribution in [2.45, 2.75) is 24.3 Å². The van der Waals surface area contributed by atoms with Gasteiger partial charge < -0.3 is 4.74 Å². The summed E-state index contributed by atoms with van der Waals surface area (Å²) >= 11 is 8.32. The van der Waals surface area contributed by atoms with Crippen molar-refractivity contribution in [2.75, 3.05) is 13.2 Å². The molecule has 1 aromatic heterocycles. The summed E-state index contributed by atoms with van der Waals surface area (Å²) in [6.45, 7) is 7.61. The van der Waals surface area contributed by atoms with E-state index in [2.05, 4.69) is 48.6 Å². The summed E-state index contributed by atoms with van der Waals surface area (Å²) in [6.07, 6.45) is 1.65. The fraction of sp³-hybridized carbons (Fsp3) is 0.238. The molecule has 0 aliphatic rings. The molecule has 0 aliphatic heterocycles. The van der Waals surface area contributed by atoms with E-state index in [1.165, 1.54) is 11.8 Å². The molecular weight excluding hydrogens is 548 g/mol. The monoisotopic (exact) mass is 566 g/mol. The van der Waals surface area contributed by atoms with Crippen molar-refractivity contribution >= 4 is 43.6 Å². The van der Waals surface area contributed by atoms with Gasteiger partial charge in [0.15, 0.2) is 5.16 Å². The molecular formula is C21H20Br2N4O3S. The number of aryl methyl sites for hydroxylation is 2. The van der Waals surface area contributed by atoms with Crippen LogP contribution in [0.1, 0.15) is 22.2 Å². The van der Waals surface area contributed by atoms with Crippen LogP contribution in [-0.4, -0.2) is 32.8 Å². The summed E-state index contributed by atoms with van der Waals surface area (Å²) in [4.78, 5) is 11.1. The summed E-state index contributed by atoms with van der Waals surface area (Å²) in [5, 5.41) is 20.0. The fourth-order valence-electron chi connectivity index (χ4n) is 2.93. The highest BCUT2D eigenvalue weighted by atomic mass is 79.9. The van der Waals surface area contributed by atoms with Gasteiger partial charge in [-0.3, -0.25) is 14.7 Å². The van der Waals surface area contributed by atoms with Crippen LogP contribution in [0.2, 0.25) is 0 Å². The Bertz CT molecular complexity index is 1080. The van der Waals surface area contributed by atoms with Crippen LogP contribution in [0.15, 0.2) is 63.2 Å². The predicted molar refractivity (Wildman–Crippen MR) is 129 cm³/mol. The van der Waals surface area contributed by atoms with Crippen LogP contribution < -0.4 is 4.74 Å². The van der Waals surface area contributed by atoms with Gasteiger partial charge in [0.05, 0.1) is 8.95 Å². The van der Waals surface area contributed by atoms with Crippen LogP contribution in [0.4, 0.5) is 0 Å². The molecule has 0 fully saturated rings. The largest absolute Gasteiger partial charge is 0.487 e. The molecule has 0 radical (unpaired) electrons. The third-order valence-corrected chi connectivity index (χ3v) is 6.75. The Kier molecular flexibility index (Phi) is 7.90. The highest BCUT2D eigenvalue weighted by Crippen LogP contribution is 2.42. The van der Waals surface area contributed by atoms with Crippen molar-refractivity contribution < 1.29 is 9.66 Å². The van der Waals surface area contributed by atoms with Gasteiger partial charge in [0.2, 0.25) is 6.54 Å². The Balaban J connectivity index is 1.98. The number of halogens is 2. The van der Waals surface area contributed by atoms with Crippen molar-refractivity contribution in [1.82, 2.24) is 14.8 Å². The molecule has 10 heteroatoms. The molecule has 3 rings (SSSR count). The van der Waals surface area contributed by atoms with E-state index in [1.54, 1.807) is 6.08 Å². The van der Waals surface area contributed by atoms with Crippen LogP contribution in [0.5, 0.6) is 5.75 Å². The quantitative estimate of drug-likeness (QED) is 0.135. The van der Waals surface area contributed by atoms with Crippen LogP contribution in [0.25, 0.3) is 5.69 Å². The molecule has 7 nitrogen and oxygen atoms in total. The first kappa shape index (κ1) is 23.5. The third-order valence-electron chi connectivity index (χ3n) is 4.39. The number of benzene rings is 2. The minimum Gasteiger partial charge on any atom is -0.487 e. The van der Waals surface area contributed by atoms with Crippen LogP contribution in [-0.2, 0) is 0 Å². The lowest BCUT2D eigenvalue weighted by molar-refractivity contribution is -0.479. The highest BCUT2D eigenvalue weighted by Gasteiger charge is 2.25. The smallest absolute Gasteiger partial charge is 0.220 e. The fourth-order valence-corrected chi connectivity index (χ4v) is 5.53. The van der Waals surface area contributed by atoms with Gasteiger partial charge in [-0.25, -0.2) is 0 Å². The van der Waals surface area contributed by atoms with Crippen molar-refractivity contribution in [1.29, 1.82) is 0 Å². The van der Waals surface area contributed by atoms with E-state index in [1.807, 2.05) is 54.8 Å². The molecule has 1 atom stereocenters. The number of hydrogen-bond acceptors (Lipinski definition) is 6. The zero-order chi connectivity index (χ0) is 22.5. The molecule has 31 heavy (non-hydrogen) atoms. The maximum absolute atomic E-state index is 11.4. The third kappa shape index (κ3) is 5.75. The minimum atomic E-state index is -0.483. The second kappa shape index (κ2) is 10.4. The lowest BCUT2D eigenvalue weighted by Crippen LogP contribution is -2.11. The summed E-state index contributed by atoms with van der Waals surface area (Å²) in [5.41, 5.74) is 2.82. The Labute approximate surface area is 201 Å². The highest BCUT2D eigenvalue weighted by molar-refractivity contribution is 9.11. The van der Waals surface area contributed by atoms with Crippen LogP contribution in [0, 0.1) is 24.0 Å². The number of thioether (sulfide) groups is 1. The summed E-state index contributed by atoms with van der Waals surface area (Å²) in [7, 11) is 0. The van der Waals surface area contributed by atoms with Crippen LogP contribution in [0.3, 0.4) is 0 Å². The summed E-state index contributed by atoms with van der Waals surface area (Å²) < 4.78 is 8.96. The molecule has 0 bridgehead atoms. The second-order valence-electron chi connectivity index (χ2n) is 6.74. The Morgan fingerprint density at radius 3 is 2.45 bits per heavy atom. The molecule has 162 valence electrons. The van der Waals surface area contributed by atoms with Crippen molar-refractivity contribution in [3.8, 4) is 11.4 Å². The van der Waals surface area contributed by atoms with E-state index in [9.17, 15) is 10.1 Å². The Hall–Kier alpha value is -2.17. The molecule has 0 unspecified atom stereocenters. The van der Waals surface area contributed by atoms with Gasteiger partial charge in [0, 0.05) is 10.6 Å². The average molecular weight is 568 g/mol. The molecule has 0 amide bonds. The molecule has 0 N–H and O–H groups in total. The number of rotatable bonds is 9. The lowest BCUT2D eigenvalue weighted by atomic mass is 10.1. The first-order valence-corrected chi connectivity index (χ1v) is 11.8. The molecule has 1 heterocycles. The van der Waals surface area contributed by atoms with E-state index < -0.39 is 5.25 Å². The Morgan fingerprint density at radius 2 is 1.87 bits per heavy atom. The Morgan fingerprint density at radius 1 is 1.23 bits per heavy atom. The van der Waals surface area contributed by atoms with E-state index in [4.69, 9.17) is 4.74 Å². The van der Waals surface area contributed by atoms with Crippen molar-refractivity contribution in [2.24, 2.45) is 0 Å². The normalized spacial score (nSPS) is 11.9. The molecule has 3 aromatic rings. The van der Waals surface area contributed by atoms with Gasteiger partial charge in [0.25, 0.3) is 0 Å². The van der Waals surface area contributed by atoms with Gasteiger partial charge in [0.1, 0.15) is 23.4 Å². The number of ether oxygens (including phenoxy) is 1. The first-order chi connectivity index (χ1) is 14.8. The van der Waals surface area contributed by atoms with E-state index in [0.29, 0.717) is 32.3 Å². The van der Waals surface area contributed by atoms with Crippen molar-refractivity contribution in [3.63, 3.8) is 0 Å². The second-order valence-corrected chi connectivity index (χ2v) is 9.61. The molecule has 0 spiro atoms.